The molecule has 0 aromatic heterocycles. The number of hydrogen-bond acceptors (Lipinski definition) is 5. The summed E-state index contributed by atoms with van der Waals surface area (Å²) in [6.45, 7) is 1.77. The van der Waals surface area contributed by atoms with Crippen molar-refractivity contribution >= 4 is 23.2 Å². The van der Waals surface area contributed by atoms with Crippen LogP contribution in [0.5, 0.6) is 0 Å². The van der Waals surface area contributed by atoms with Crippen LogP contribution < -0.4 is 5.32 Å². The quantitative estimate of drug-likeness (QED) is 0.559. The predicted molar refractivity (Wildman–Crippen MR) is 115 cm³/mol. The average molecular weight is 410 g/mol. The maximum absolute atomic E-state index is 12.9. The summed E-state index contributed by atoms with van der Waals surface area (Å²) in [6, 6.07) is 14.3. The largest absolute Gasteiger partial charge is 0.387 e. The monoisotopic (exact) mass is 410 g/mol. The number of aryl methyl sites for hydroxylation is 1. The minimum atomic E-state index is -0.512. The smallest absolute Gasteiger partial charge is 0.270 e. The molecular weight excluding hydrogens is 384 g/mol. The standard InChI is InChI=1S/C22H26N4O4/c1-23-20-11-10-18(26(29)30)16-19(20)22(28)25-14-12-24(13-15-25)21(27)9-5-8-17-6-3-2-4-7-17/h2-4,6-7,10-11,16,23H,5,8-9,12-15H2,1H3. The van der Waals surface area contributed by atoms with Crippen LogP contribution in [-0.4, -0.2) is 59.8 Å². The number of hydrogen-bond donors (Lipinski definition) is 1. The third-order valence-corrected chi connectivity index (χ3v) is 5.33. The van der Waals surface area contributed by atoms with Crippen molar-refractivity contribution in [3.8, 4) is 0 Å². The zero-order valence-corrected chi connectivity index (χ0v) is 17.0. The highest BCUT2D eigenvalue weighted by Gasteiger charge is 2.27. The number of nitro benzene ring substituents is 1. The zero-order chi connectivity index (χ0) is 21.5. The van der Waals surface area contributed by atoms with Crippen LogP contribution in [0, 0.1) is 10.1 Å². The molecule has 8 nitrogen and oxygen atoms in total. The summed E-state index contributed by atoms with van der Waals surface area (Å²) >= 11 is 0. The van der Waals surface area contributed by atoms with Crippen molar-refractivity contribution in [1.29, 1.82) is 0 Å². The molecule has 1 N–H and O–H groups in total. The lowest BCUT2D eigenvalue weighted by Crippen LogP contribution is -2.50. The molecule has 0 aliphatic carbocycles. The van der Waals surface area contributed by atoms with E-state index in [1.807, 2.05) is 18.2 Å². The van der Waals surface area contributed by atoms with E-state index in [1.54, 1.807) is 16.8 Å². The summed E-state index contributed by atoms with van der Waals surface area (Å²) in [4.78, 5) is 39.4. The molecule has 0 saturated carbocycles. The van der Waals surface area contributed by atoms with E-state index in [9.17, 15) is 19.7 Å². The van der Waals surface area contributed by atoms with E-state index >= 15 is 0 Å². The molecule has 2 aromatic rings. The van der Waals surface area contributed by atoms with Crippen LogP contribution in [0.2, 0.25) is 0 Å². The van der Waals surface area contributed by atoms with Crippen molar-refractivity contribution in [1.82, 2.24) is 9.80 Å². The van der Waals surface area contributed by atoms with Gasteiger partial charge < -0.3 is 15.1 Å². The van der Waals surface area contributed by atoms with Crippen LogP contribution in [0.1, 0.15) is 28.8 Å². The number of nitrogens with zero attached hydrogens (tertiary/aromatic N) is 3. The molecule has 1 fully saturated rings. The molecule has 8 heteroatoms. The summed E-state index contributed by atoms with van der Waals surface area (Å²) in [5.41, 5.74) is 1.92. The van der Waals surface area contributed by atoms with E-state index in [0.717, 1.165) is 12.8 Å². The third-order valence-electron chi connectivity index (χ3n) is 5.33. The van der Waals surface area contributed by atoms with Gasteiger partial charge in [0, 0.05) is 57.5 Å². The van der Waals surface area contributed by atoms with E-state index in [4.69, 9.17) is 0 Å². The van der Waals surface area contributed by atoms with Crippen molar-refractivity contribution in [3.05, 3.63) is 69.8 Å². The number of amides is 2. The Morgan fingerprint density at radius 2 is 1.70 bits per heavy atom. The number of anilines is 1. The third kappa shape index (κ3) is 5.14. The summed E-state index contributed by atoms with van der Waals surface area (Å²) in [5.74, 6) is -0.163. The molecule has 0 bridgehead atoms. The molecule has 2 amide bonds. The van der Waals surface area contributed by atoms with E-state index in [1.165, 1.54) is 23.8 Å². The maximum Gasteiger partial charge on any atom is 0.270 e. The number of non-ortho nitro benzene ring substituents is 1. The number of benzene rings is 2. The molecule has 1 saturated heterocycles. The number of nitro groups is 1. The summed E-state index contributed by atoms with van der Waals surface area (Å²) in [6.07, 6.45) is 2.14. The van der Waals surface area contributed by atoms with Gasteiger partial charge in [0.05, 0.1) is 10.5 Å². The van der Waals surface area contributed by atoms with E-state index < -0.39 is 4.92 Å². The van der Waals surface area contributed by atoms with Crippen LogP contribution in [-0.2, 0) is 11.2 Å². The normalized spacial score (nSPS) is 13.8. The van der Waals surface area contributed by atoms with Gasteiger partial charge in [-0.05, 0) is 24.5 Å². The second kappa shape index (κ2) is 9.87. The van der Waals surface area contributed by atoms with E-state index in [2.05, 4.69) is 17.4 Å². The summed E-state index contributed by atoms with van der Waals surface area (Å²) in [5, 5.41) is 14.0. The van der Waals surface area contributed by atoms with Gasteiger partial charge in [-0.15, -0.1) is 0 Å². The lowest BCUT2D eigenvalue weighted by Gasteiger charge is -2.35. The van der Waals surface area contributed by atoms with Gasteiger partial charge in [0.1, 0.15) is 0 Å². The molecule has 0 atom stereocenters. The lowest BCUT2D eigenvalue weighted by atomic mass is 10.1. The summed E-state index contributed by atoms with van der Waals surface area (Å²) < 4.78 is 0. The molecule has 1 aliphatic heterocycles. The zero-order valence-electron chi connectivity index (χ0n) is 17.0. The van der Waals surface area contributed by atoms with Crippen LogP contribution in [0.15, 0.2) is 48.5 Å². The molecular formula is C22H26N4O4. The van der Waals surface area contributed by atoms with Gasteiger partial charge in [0.2, 0.25) is 5.91 Å². The molecule has 0 radical (unpaired) electrons. The van der Waals surface area contributed by atoms with Gasteiger partial charge in [-0.25, -0.2) is 0 Å². The number of nitrogens with one attached hydrogen (secondary N) is 1. The Kier molecular flexibility index (Phi) is 7.00. The molecule has 0 unspecified atom stereocenters. The number of carbonyl (C=O) groups excluding carboxylic acids is 2. The minimum absolute atomic E-state index is 0.101. The van der Waals surface area contributed by atoms with Crippen molar-refractivity contribution < 1.29 is 14.5 Å². The topological polar surface area (TPSA) is 95.8 Å². The Hall–Kier alpha value is -3.42. The molecule has 1 heterocycles. The average Bonchev–Trinajstić information content (AvgIpc) is 2.78. The predicted octanol–water partition coefficient (Wildman–Crippen LogP) is 2.94. The molecule has 2 aromatic carbocycles. The lowest BCUT2D eigenvalue weighted by molar-refractivity contribution is -0.384. The van der Waals surface area contributed by atoms with Crippen LogP contribution in [0.3, 0.4) is 0 Å². The fourth-order valence-electron chi connectivity index (χ4n) is 3.62. The van der Waals surface area contributed by atoms with E-state index in [-0.39, 0.29) is 23.1 Å². The number of carbonyl (C=O) groups is 2. The summed E-state index contributed by atoms with van der Waals surface area (Å²) in [7, 11) is 1.67. The van der Waals surface area contributed by atoms with Crippen molar-refractivity contribution in [3.63, 3.8) is 0 Å². The molecule has 1 aliphatic rings. The van der Waals surface area contributed by atoms with Gasteiger partial charge in [0.15, 0.2) is 0 Å². The number of piperazine rings is 1. The number of rotatable bonds is 7. The van der Waals surface area contributed by atoms with Crippen molar-refractivity contribution in [2.45, 2.75) is 19.3 Å². The highest BCUT2D eigenvalue weighted by Crippen LogP contribution is 2.24. The van der Waals surface area contributed by atoms with Gasteiger partial charge in [-0.3, -0.25) is 19.7 Å². The molecule has 3 rings (SSSR count). The van der Waals surface area contributed by atoms with Gasteiger partial charge in [-0.1, -0.05) is 30.3 Å². The first kappa shape index (κ1) is 21.3. The van der Waals surface area contributed by atoms with Crippen LogP contribution in [0.4, 0.5) is 11.4 Å². The first-order valence-corrected chi connectivity index (χ1v) is 10.1. The Bertz CT molecular complexity index is 909. The minimum Gasteiger partial charge on any atom is -0.387 e. The van der Waals surface area contributed by atoms with Crippen molar-refractivity contribution in [2.75, 3.05) is 38.5 Å². The molecule has 158 valence electrons. The molecule has 30 heavy (non-hydrogen) atoms. The second-order valence-electron chi connectivity index (χ2n) is 7.25. The van der Waals surface area contributed by atoms with Gasteiger partial charge in [0.25, 0.3) is 11.6 Å². The van der Waals surface area contributed by atoms with Crippen LogP contribution in [0.25, 0.3) is 0 Å². The Morgan fingerprint density at radius 1 is 1.03 bits per heavy atom. The maximum atomic E-state index is 12.9. The molecule has 0 spiro atoms. The SMILES string of the molecule is CNc1ccc([N+](=O)[O-])cc1C(=O)N1CCN(C(=O)CCCc2ccccc2)CC1. The van der Waals surface area contributed by atoms with Gasteiger partial charge in [-0.2, -0.15) is 0 Å². The van der Waals surface area contributed by atoms with Crippen LogP contribution >= 0.6 is 0 Å². The Morgan fingerprint density at radius 3 is 2.33 bits per heavy atom. The fourth-order valence-corrected chi connectivity index (χ4v) is 3.62. The fraction of sp³-hybridized carbons (Fsp3) is 0.364. The van der Waals surface area contributed by atoms with Crippen molar-refractivity contribution in [2.24, 2.45) is 0 Å². The first-order chi connectivity index (χ1) is 14.5. The highest BCUT2D eigenvalue weighted by atomic mass is 16.6. The van der Waals surface area contributed by atoms with E-state index in [0.29, 0.717) is 38.3 Å². The Labute approximate surface area is 175 Å². The second-order valence-corrected chi connectivity index (χ2v) is 7.25. The Balaban J connectivity index is 1.53. The van der Waals surface area contributed by atoms with Gasteiger partial charge >= 0.3 is 0 Å². The highest BCUT2D eigenvalue weighted by molar-refractivity contribution is 6.00. The first-order valence-electron chi connectivity index (χ1n) is 10.1.